The van der Waals surface area contributed by atoms with Crippen LogP contribution in [0, 0.1) is 11.7 Å². The summed E-state index contributed by atoms with van der Waals surface area (Å²) in [5.74, 6) is 1.34. The smallest absolute Gasteiger partial charge is 0.225 e. The van der Waals surface area contributed by atoms with Crippen LogP contribution in [0.1, 0.15) is 44.6 Å². The summed E-state index contributed by atoms with van der Waals surface area (Å²) >= 11 is 0. The monoisotopic (exact) mass is 429 g/mol. The van der Waals surface area contributed by atoms with E-state index in [0.717, 1.165) is 83.0 Å². The lowest BCUT2D eigenvalue weighted by Crippen LogP contribution is -2.52. The minimum atomic E-state index is -0.142. The van der Waals surface area contributed by atoms with Crippen LogP contribution >= 0.6 is 0 Å². The predicted octanol–water partition coefficient (Wildman–Crippen LogP) is 2.36. The van der Waals surface area contributed by atoms with Crippen molar-refractivity contribution >= 4 is 11.9 Å². The Balaban J connectivity index is 1.22. The molecule has 0 atom stereocenters. The average molecular weight is 430 g/mol. The fourth-order valence-electron chi connectivity index (χ4n) is 4.56. The minimum absolute atomic E-state index is 0.122. The molecule has 1 aliphatic heterocycles. The Morgan fingerprint density at radius 1 is 1.16 bits per heavy atom. The van der Waals surface area contributed by atoms with Crippen LogP contribution in [0.15, 0.2) is 29.3 Å². The number of aliphatic imine (C=N–C) groups is 1. The van der Waals surface area contributed by atoms with Gasteiger partial charge in [0.05, 0.1) is 6.54 Å². The van der Waals surface area contributed by atoms with Gasteiger partial charge in [-0.1, -0.05) is 24.6 Å². The summed E-state index contributed by atoms with van der Waals surface area (Å²) < 4.78 is 14.2. The molecule has 3 fully saturated rings. The summed E-state index contributed by atoms with van der Waals surface area (Å²) in [5.41, 5.74) is 0.653. The largest absolute Gasteiger partial charge is 0.357 e. The quantitative estimate of drug-likeness (QED) is 0.492. The standard InChI is InChI=1S/C24H36FN5O/c1-2-26-23(28-18-24(10-11-24)20-8-3-4-9-21(20)25)27-12-13-29-14-16-30(17-15-29)22(31)19-6-5-7-19/h3-4,8-9,19H,2,5-7,10-18H2,1H3,(H2,26,27,28). The van der Waals surface area contributed by atoms with Crippen molar-refractivity contribution in [1.82, 2.24) is 20.4 Å². The number of hydrogen-bond acceptors (Lipinski definition) is 3. The second-order valence-electron chi connectivity index (χ2n) is 9.18. The van der Waals surface area contributed by atoms with Gasteiger partial charge in [0.25, 0.3) is 0 Å². The van der Waals surface area contributed by atoms with Gasteiger partial charge in [-0.25, -0.2) is 4.39 Å². The van der Waals surface area contributed by atoms with Gasteiger partial charge in [-0.2, -0.15) is 0 Å². The Bertz CT molecular complexity index is 782. The number of carbonyl (C=O) groups is 1. The predicted molar refractivity (Wildman–Crippen MR) is 122 cm³/mol. The number of carbonyl (C=O) groups excluding carboxylic acids is 1. The van der Waals surface area contributed by atoms with Crippen LogP contribution in [0.4, 0.5) is 4.39 Å². The van der Waals surface area contributed by atoms with Crippen molar-refractivity contribution in [2.24, 2.45) is 10.9 Å². The number of nitrogens with zero attached hydrogens (tertiary/aromatic N) is 3. The fraction of sp³-hybridized carbons (Fsp3) is 0.667. The first-order valence-electron chi connectivity index (χ1n) is 11.9. The maximum absolute atomic E-state index is 14.2. The molecule has 2 saturated carbocycles. The minimum Gasteiger partial charge on any atom is -0.357 e. The first-order valence-corrected chi connectivity index (χ1v) is 11.9. The van der Waals surface area contributed by atoms with Gasteiger partial charge in [0, 0.05) is 57.1 Å². The van der Waals surface area contributed by atoms with Crippen molar-refractivity contribution in [2.45, 2.75) is 44.4 Å². The fourth-order valence-corrected chi connectivity index (χ4v) is 4.56. The first-order chi connectivity index (χ1) is 15.1. The molecular formula is C24H36FN5O. The highest BCUT2D eigenvalue weighted by Gasteiger charge is 2.45. The zero-order chi connectivity index (χ0) is 21.7. The van der Waals surface area contributed by atoms with Crippen LogP contribution in [0.2, 0.25) is 0 Å². The number of nitrogens with one attached hydrogen (secondary N) is 2. The lowest BCUT2D eigenvalue weighted by atomic mass is 9.84. The number of hydrogen-bond donors (Lipinski definition) is 2. The normalized spacial score (nSPS) is 21.5. The number of piperazine rings is 1. The highest BCUT2D eigenvalue weighted by Crippen LogP contribution is 2.49. The van der Waals surface area contributed by atoms with Crippen molar-refractivity contribution in [3.8, 4) is 0 Å². The van der Waals surface area contributed by atoms with E-state index in [0.29, 0.717) is 18.4 Å². The molecule has 170 valence electrons. The van der Waals surface area contributed by atoms with Gasteiger partial charge in [0.1, 0.15) is 5.82 Å². The van der Waals surface area contributed by atoms with Crippen molar-refractivity contribution < 1.29 is 9.18 Å². The molecule has 1 aromatic rings. The summed E-state index contributed by atoms with van der Waals surface area (Å²) in [5, 5.41) is 6.74. The van der Waals surface area contributed by atoms with Gasteiger partial charge < -0.3 is 15.5 Å². The first kappa shape index (κ1) is 22.1. The highest BCUT2D eigenvalue weighted by atomic mass is 19.1. The number of amides is 1. The van der Waals surface area contributed by atoms with Crippen LogP contribution in [-0.2, 0) is 10.2 Å². The van der Waals surface area contributed by atoms with Crippen LogP contribution in [-0.4, -0.2) is 74.0 Å². The lowest BCUT2D eigenvalue weighted by molar-refractivity contribution is -0.139. The second kappa shape index (κ2) is 9.98. The average Bonchev–Trinajstić information content (AvgIpc) is 3.52. The molecule has 6 nitrogen and oxygen atoms in total. The van der Waals surface area contributed by atoms with Crippen molar-refractivity contribution in [1.29, 1.82) is 0 Å². The SMILES string of the molecule is CCNC(=NCC1(c2ccccc2F)CC1)NCCN1CCN(C(=O)C2CCC2)CC1. The van der Waals surface area contributed by atoms with E-state index < -0.39 is 0 Å². The second-order valence-corrected chi connectivity index (χ2v) is 9.18. The van der Waals surface area contributed by atoms with E-state index >= 15 is 0 Å². The van der Waals surface area contributed by atoms with Gasteiger partial charge in [-0.05, 0) is 44.2 Å². The Kier molecular flexibility index (Phi) is 7.10. The van der Waals surface area contributed by atoms with Gasteiger partial charge >= 0.3 is 0 Å². The molecule has 7 heteroatoms. The molecule has 1 amide bonds. The molecule has 1 saturated heterocycles. The molecule has 1 heterocycles. The van der Waals surface area contributed by atoms with Gasteiger partial charge in [0.2, 0.25) is 5.91 Å². The highest BCUT2D eigenvalue weighted by molar-refractivity contribution is 5.80. The molecule has 4 rings (SSSR count). The number of rotatable bonds is 8. The molecule has 0 spiro atoms. The van der Waals surface area contributed by atoms with Crippen LogP contribution in [0.5, 0.6) is 0 Å². The van der Waals surface area contributed by atoms with Gasteiger partial charge in [0.15, 0.2) is 5.96 Å². The van der Waals surface area contributed by atoms with Crippen LogP contribution < -0.4 is 10.6 Å². The Morgan fingerprint density at radius 2 is 1.90 bits per heavy atom. The van der Waals surface area contributed by atoms with E-state index in [1.807, 2.05) is 12.1 Å². The third-order valence-electron chi connectivity index (χ3n) is 7.04. The van der Waals surface area contributed by atoms with Gasteiger partial charge in [-0.3, -0.25) is 14.7 Å². The van der Waals surface area contributed by atoms with E-state index in [9.17, 15) is 9.18 Å². The van der Waals surface area contributed by atoms with Crippen molar-refractivity contribution in [3.05, 3.63) is 35.6 Å². The third-order valence-corrected chi connectivity index (χ3v) is 7.04. The zero-order valence-corrected chi connectivity index (χ0v) is 18.7. The number of halogens is 1. The Morgan fingerprint density at radius 3 is 2.52 bits per heavy atom. The number of benzene rings is 1. The van der Waals surface area contributed by atoms with Crippen molar-refractivity contribution in [2.75, 3.05) is 52.4 Å². The van der Waals surface area contributed by atoms with Crippen LogP contribution in [0.3, 0.4) is 0 Å². The molecule has 3 aliphatic rings. The molecular weight excluding hydrogens is 393 g/mol. The third kappa shape index (κ3) is 5.37. The molecule has 0 bridgehead atoms. The summed E-state index contributed by atoms with van der Waals surface area (Å²) in [6.07, 6.45) is 5.34. The maximum Gasteiger partial charge on any atom is 0.225 e. The van der Waals surface area contributed by atoms with Crippen molar-refractivity contribution in [3.63, 3.8) is 0 Å². The van der Waals surface area contributed by atoms with E-state index in [2.05, 4.69) is 27.4 Å². The molecule has 0 radical (unpaired) electrons. The summed E-state index contributed by atoms with van der Waals surface area (Å²) in [7, 11) is 0. The topological polar surface area (TPSA) is 60.0 Å². The maximum atomic E-state index is 14.2. The molecule has 2 N–H and O–H groups in total. The van der Waals surface area contributed by atoms with E-state index in [1.54, 1.807) is 12.1 Å². The summed E-state index contributed by atoms with van der Waals surface area (Å²) in [4.78, 5) is 21.6. The summed E-state index contributed by atoms with van der Waals surface area (Å²) in [6, 6.07) is 7.09. The lowest BCUT2D eigenvalue weighted by Gasteiger charge is -2.38. The zero-order valence-electron chi connectivity index (χ0n) is 18.7. The van der Waals surface area contributed by atoms with E-state index in [1.165, 1.54) is 6.42 Å². The van der Waals surface area contributed by atoms with E-state index in [4.69, 9.17) is 4.99 Å². The molecule has 1 aromatic carbocycles. The number of guanidine groups is 1. The molecule has 2 aliphatic carbocycles. The Hall–Kier alpha value is -2.15. The summed E-state index contributed by atoms with van der Waals surface area (Å²) in [6.45, 7) is 8.73. The molecule has 31 heavy (non-hydrogen) atoms. The van der Waals surface area contributed by atoms with Crippen LogP contribution in [0.25, 0.3) is 0 Å². The molecule has 0 unspecified atom stereocenters. The van der Waals surface area contributed by atoms with E-state index in [-0.39, 0.29) is 11.2 Å². The molecule has 0 aromatic heterocycles. The Labute approximate surface area is 185 Å². The van der Waals surface area contributed by atoms with Gasteiger partial charge in [-0.15, -0.1) is 0 Å².